The minimum absolute atomic E-state index is 0.663. The van der Waals surface area contributed by atoms with Crippen molar-refractivity contribution in [2.24, 2.45) is 0 Å². The lowest BCUT2D eigenvalue weighted by atomic mass is 10.1. The SMILES string of the molecule is CC.COc1ccc(-c2cc(-c3ccc(OC)c(OC)c3)[nH]n2)cc1OC. The van der Waals surface area contributed by atoms with E-state index >= 15 is 0 Å². The maximum Gasteiger partial charge on any atom is 0.161 e. The van der Waals surface area contributed by atoms with Crippen molar-refractivity contribution in [3.8, 4) is 45.5 Å². The van der Waals surface area contributed by atoms with E-state index in [1.807, 2.05) is 56.3 Å². The molecule has 0 unspecified atom stereocenters. The molecule has 6 nitrogen and oxygen atoms in total. The standard InChI is InChI=1S/C19H20N2O4.C2H6/c1-22-16-7-5-12(9-18(16)24-3)14-11-15(21-20-14)13-6-8-17(23-2)19(10-13)25-4;1-2/h5-11H,1-4H3,(H,20,21);1-2H3. The van der Waals surface area contributed by atoms with Crippen LogP contribution in [-0.4, -0.2) is 38.6 Å². The molecule has 0 bridgehead atoms. The highest BCUT2D eigenvalue weighted by molar-refractivity contribution is 5.71. The molecule has 1 N–H and O–H groups in total. The number of aromatic amines is 1. The molecule has 1 heterocycles. The van der Waals surface area contributed by atoms with Crippen LogP contribution in [0.3, 0.4) is 0 Å². The van der Waals surface area contributed by atoms with Gasteiger partial charge in [-0.1, -0.05) is 13.8 Å². The first-order chi connectivity index (χ1) is 13.2. The summed E-state index contributed by atoms with van der Waals surface area (Å²) in [7, 11) is 6.45. The number of nitrogens with zero attached hydrogens (tertiary/aromatic N) is 1. The third-order valence-corrected chi connectivity index (χ3v) is 3.95. The highest BCUT2D eigenvalue weighted by Crippen LogP contribution is 2.35. The van der Waals surface area contributed by atoms with Gasteiger partial charge in [0, 0.05) is 11.1 Å². The second-order valence-corrected chi connectivity index (χ2v) is 5.31. The summed E-state index contributed by atoms with van der Waals surface area (Å²) in [6, 6.07) is 13.4. The molecule has 0 radical (unpaired) electrons. The molecule has 0 atom stereocenters. The Bertz CT molecular complexity index is 804. The lowest BCUT2D eigenvalue weighted by molar-refractivity contribution is 0.355. The summed E-state index contributed by atoms with van der Waals surface area (Å²) >= 11 is 0. The van der Waals surface area contributed by atoms with Gasteiger partial charge in [0.05, 0.1) is 39.8 Å². The van der Waals surface area contributed by atoms with E-state index in [-0.39, 0.29) is 0 Å². The Morgan fingerprint density at radius 2 is 1.11 bits per heavy atom. The minimum Gasteiger partial charge on any atom is -0.493 e. The smallest absolute Gasteiger partial charge is 0.161 e. The van der Waals surface area contributed by atoms with E-state index in [1.165, 1.54) is 0 Å². The summed E-state index contributed by atoms with van der Waals surface area (Å²) < 4.78 is 21.3. The van der Waals surface area contributed by atoms with Crippen molar-refractivity contribution in [3.63, 3.8) is 0 Å². The first-order valence-corrected chi connectivity index (χ1v) is 8.70. The van der Waals surface area contributed by atoms with Crippen LogP contribution in [0.25, 0.3) is 22.5 Å². The lowest BCUT2D eigenvalue weighted by Crippen LogP contribution is -1.90. The number of hydrogen-bond acceptors (Lipinski definition) is 5. The number of aromatic nitrogens is 2. The predicted octanol–water partition coefficient (Wildman–Crippen LogP) is 4.80. The van der Waals surface area contributed by atoms with Crippen LogP contribution < -0.4 is 18.9 Å². The van der Waals surface area contributed by atoms with Crippen molar-refractivity contribution in [1.82, 2.24) is 10.2 Å². The van der Waals surface area contributed by atoms with Crippen LogP contribution >= 0.6 is 0 Å². The summed E-state index contributed by atoms with van der Waals surface area (Å²) in [5, 5.41) is 7.46. The van der Waals surface area contributed by atoms with Crippen LogP contribution in [0.15, 0.2) is 42.5 Å². The molecule has 0 fully saturated rings. The van der Waals surface area contributed by atoms with Gasteiger partial charge in [0.1, 0.15) is 0 Å². The zero-order valence-electron chi connectivity index (χ0n) is 16.6. The molecule has 0 aliphatic heterocycles. The number of hydrogen-bond donors (Lipinski definition) is 1. The van der Waals surface area contributed by atoms with Crippen molar-refractivity contribution in [3.05, 3.63) is 42.5 Å². The van der Waals surface area contributed by atoms with Crippen LogP contribution in [0.5, 0.6) is 23.0 Å². The van der Waals surface area contributed by atoms with Gasteiger partial charge < -0.3 is 18.9 Å². The van der Waals surface area contributed by atoms with Gasteiger partial charge in [0.15, 0.2) is 23.0 Å². The molecule has 3 rings (SSSR count). The molecule has 3 aromatic rings. The molecule has 2 aromatic carbocycles. The van der Waals surface area contributed by atoms with Gasteiger partial charge >= 0.3 is 0 Å². The largest absolute Gasteiger partial charge is 0.493 e. The van der Waals surface area contributed by atoms with Crippen molar-refractivity contribution in [2.45, 2.75) is 13.8 Å². The summed E-state index contributed by atoms with van der Waals surface area (Å²) in [4.78, 5) is 0. The quantitative estimate of drug-likeness (QED) is 0.675. The van der Waals surface area contributed by atoms with Gasteiger partial charge in [-0.15, -0.1) is 0 Å². The topological polar surface area (TPSA) is 65.6 Å². The second-order valence-electron chi connectivity index (χ2n) is 5.31. The molecular formula is C21H26N2O4. The van der Waals surface area contributed by atoms with E-state index in [9.17, 15) is 0 Å². The van der Waals surface area contributed by atoms with E-state index in [0.717, 1.165) is 22.5 Å². The third kappa shape index (κ3) is 4.34. The van der Waals surface area contributed by atoms with Gasteiger partial charge in [-0.2, -0.15) is 5.10 Å². The fourth-order valence-corrected chi connectivity index (χ4v) is 2.62. The molecule has 0 saturated carbocycles. The number of methoxy groups -OCH3 is 4. The monoisotopic (exact) mass is 370 g/mol. The molecule has 6 heteroatoms. The molecule has 0 saturated heterocycles. The fraction of sp³-hybridized carbons (Fsp3) is 0.286. The zero-order valence-corrected chi connectivity index (χ0v) is 16.6. The number of ether oxygens (including phenoxy) is 4. The van der Waals surface area contributed by atoms with Crippen LogP contribution in [0.2, 0.25) is 0 Å². The highest BCUT2D eigenvalue weighted by atomic mass is 16.5. The summed E-state index contributed by atoms with van der Waals surface area (Å²) in [5.74, 6) is 2.70. The molecule has 0 aliphatic carbocycles. The molecule has 0 amide bonds. The number of rotatable bonds is 6. The number of nitrogens with one attached hydrogen (secondary N) is 1. The van der Waals surface area contributed by atoms with Crippen LogP contribution in [-0.2, 0) is 0 Å². The maximum absolute atomic E-state index is 5.36. The Hall–Kier alpha value is -3.15. The Kier molecular flexibility index (Phi) is 7.11. The van der Waals surface area contributed by atoms with Gasteiger partial charge in [0.2, 0.25) is 0 Å². The van der Waals surface area contributed by atoms with Crippen molar-refractivity contribution < 1.29 is 18.9 Å². The predicted molar refractivity (Wildman–Crippen MR) is 107 cm³/mol. The van der Waals surface area contributed by atoms with Crippen LogP contribution in [0, 0.1) is 0 Å². The van der Waals surface area contributed by atoms with Crippen molar-refractivity contribution in [1.29, 1.82) is 0 Å². The van der Waals surface area contributed by atoms with E-state index in [1.54, 1.807) is 28.4 Å². The molecule has 0 aliphatic rings. The average Bonchev–Trinajstić information content (AvgIpc) is 3.24. The van der Waals surface area contributed by atoms with Crippen LogP contribution in [0.4, 0.5) is 0 Å². The van der Waals surface area contributed by atoms with Gasteiger partial charge in [-0.25, -0.2) is 0 Å². The zero-order chi connectivity index (χ0) is 19.8. The number of benzene rings is 2. The van der Waals surface area contributed by atoms with E-state index < -0.39 is 0 Å². The molecule has 27 heavy (non-hydrogen) atoms. The third-order valence-electron chi connectivity index (χ3n) is 3.95. The van der Waals surface area contributed by atoms with Crippen molar-refractivity contribution in [2.75, 3.05) is 28.4 Å². The highest BCUT2D eigenvalue weighted by Gasteiger charge is 2.12. The average molecular weight is 370 g/mol. The van der Waals surface area contributed by atoms with Crippen LogP contribution in [0.1, 0.15) is 13.8 Å². The molecule has 1 aromatic heterocycles. The minimum atomic E-state index is 0.663. The number of H-pyrrole nitrogens is 1. The van der Waals surface area contributed by atoms with E-state index in [2.05, 4.69) is 10.2 Å². The normalized spacial score (nSPS) is 9.85. The summed E-state index contributed by atoms with van der Waals surface area (Å²) in [6.07, 6.45) is 0. The van der Waals surface area contributed by atoms with Gasteiger partial charge in [-0.3, -0.25) is 5.10 Å². The van der Waals surface area contributed by atoms with E-state index in [0.29, 0.717) is 23.0 Å². The van der Waals surface area contributed by atoms with E-state index in [4.69, 9.17) is 18.9 Å². The van der Waals surface area contributed by atoms with Gasteiger partial charge in [-0.05, 0) is 42.5 Å². The maximum atomic E-state index is 5.36. The van der Waals surface area contributed by atoms with Crippen molar-refractivity contribution >= 4 is 0 Å². The first-order valence-electron chi connectivity index (χ1n) is 8.70. The second kappa shape index (κ2) is 9.52. The Balaban J connectivity index is 0.00000126. The molecular weight excluding hydrogens is 344 g/mol. The fourth-order valence-electron chi connectivity index (χ4n) is 2.62. The Morgan fingerprint density at radius 3 is 1.63 bits per heavy atom. The van der Waals surface area contributed by atoms with Gasteiger partial charge in [0.25, 0.3) is 0 Å². The molecule has 144 valence electrons. The Labute approximate surface area is 160 Å². The Morgan fingerprint density at radius 1 is 0.630 bits per heavy atom. The summed E-state index contributed by atoms with van der Waals surface area (Å²) in [6.45, 7) is 4.00. The molecule has 0 spiro atoms. The summed E-state index contributed by atoms with van der Waals surface area (Å²) in [5.41, 5.74) is 3.58. The lowest BCUT2D eigenvalue weighted by Gasteiger charge is -2.08. The first kappa shape index (κ1) is 20.2.